The summed E-state index contributed by atoms with van der Waals surface area (Å²) in [5.41, 5.74) is 1.30. The summed E-state index contributed by atoms with van der Waals surface area (Å²) in [7, 11) is 0. The predicted octanol–water partition coefficient (Wildman–Crippen LogP) is 1.94. The van der Waals surface area contributed by atoms with Crippen LogP contribution in [0.4, 0.5) is 5.69 Å². The molecule has 0 aliphatic rings. The van der Waals surface area contributed by atoms with Crippen LogP contribution < -0.4 is 5.32 Å². The van der Waals surface area contributed by atoms with Crippen molar-refractivity contribution in [3.8, 4) is 6.07 Å². The van der Waals surface area contributed by atoms with E-state index < -0.39 is 0 Å². The maximum Gasteiger partial charge on any atom is 0.143 e. The third kappa shape index (κ3) is 2.30. The van der Waals surface area contributed by atoms with Gasteiger partial charge >= 0.3 is 0 Å². The van der Waals surface area contributed by atoms with Gasteiger partial charge in [0, 0.05) is 0 Å². The second-order valence-electron chi connectivity index (χ2n) is 3.09. The molecule has 0 radical (unpaired) electrons. The Morgan fingerprint density at radius 2 is 2.38 bits per heavy atom. The van der Waals surface area contributed by atoms with Gasteiger partial charge in [0.15, 0.2) is 0 Å². The highest BCUT2D eigenvalue weighted by atomic mass is 35.5. The standard InChI is InChI=1S/C10H8ClN5/c11-8-3-7(4-12)1-2-9(8)13-5-10-14-6-15-16-10/h1-3,6,13H,5H2,(H,14,15,16). The molecule has 16 heavy (non-hydrogen) atoms. The predicted molar refractivity (Wildman–Crippen MR) is 59.9 cm³/mol. The molecule has 2 N–H and O–H groups in total. The van der Waals surface area contributed by atoms with Gasteiger partial charge < -0.3 is 5.32 Å². The summed E-state index contributed by atoms with van der Waals surface area (Å²) in [4.78, 5) is 3.97. The lowest BCUT2D eigenvalue weighted by Crippen LogP contribution is -2.01. The number of benzene rings is 1. The van der Waals surface area contributed by atoms with Gasteiger partial charge in [-0.3, -0.25) is 5.10 Å². The van der Waals surface area contributed by atoms with Gasteiger partial charge in [-0.1, -0.05) is 11.6 Å². The van der Waals surface area contributed by atoms with Crippen molar-refractivity contribution in [1.29, 1.82) is 5.26 Å². The van der Waals surface area contributed by atoms with Gasteiger partial charge in [-0.25, -0.2) is 4.98 Å². The highest BCUT2D eigenvalue weighted by Crippen LogP contribution is 2.22. The molecule has 0 amide bonds. The number of H-pyrrole nitrogens is 1. The minimum Gasteiger partial charge on any atom is -0.377 e. The summed E-state index contributed by atoms with van der Waals surface area (Å²) < 4.78 is 0. The zero-order valence-corrected chi connectivity index (χ0v) is 8.99. The summed E-state index contributed by atoms with van der Waals surface area (Å²) >= 11 is 5.99. The fourth-order valence-corrected chi connectivity index (χ4v) is 1.47. The third-order valence-corrected chi connectivity index (χ3v) is 2.32. The van der Waals surface area contributed by atoms with Gasteiger partial charge in [-0.05, 0) is 18.2 Å². The molecular weight excluding hydrogens is 226 g/mol. The normalized spacial score (nSPS) is 9.75. The Morgan fingerprint density at radius 1 is 1.50 bits per heavy atom. The first-order valence-electron chi connectivity index (χ1n) is 4.57. The van der Waals surface area contributed by atoms with Crippen LogP contribution in [0.1, 0.15) is 11.4 Å². The molecule has 0 atom stereocenters. The van der Waals surface area contributed by atoms with E-state index in [2.05, 4.69) is 20.5 Å². The lowest BCUT2D eigenvalue weighted by atomic mass is 10.2. The number of anilines is 1. The second kappa shape index (κ2) is 4.64. The van der Waals surface area contributed by atoms with Crippen molar-refractivity contribution >= 4 is 17.3 Å². The zero-order valence-electron chi connectivity index (χ0n) is 8.24. The number of nitrogens with zero attached hydrogens (tertiary/aromatic N) is 3. The van der Waals surface area contributed by atoms with Crippen LogP contribution in [0.15, 0.2) is 24.5 Å². The van der Waals surface area contributed by atoms with Crippen LogP contribution in [0.3, 0.4) is 0 Å². The van der Waals surface area contributed by atoms with Gasteiger partial charge in [0.2, 0.25) is 0 Å². The van der Waals surface area contributed by atoms with Crippen LogP contribution >= 0.6 is 11.6 Å². The lowest BCUT2D eigenvalue weighted by Gasteiger charge is -2.06. The number of rotatable bonds is 3. The molecule has 0 spiro atoms. The van der Waals surface area contributed by atoms with Crippen LogP contribution in [-0.4, -0.2) is 15.2 Å². The molecule has 80 valence electrons. The SMILES string of the molecule is N#Cc1ccc(NCc2ncn[nH]2)c(Cl)c1. The Labute approximate surface area is 97.1 Å². The van der Waals surface area contributed by atoms with E-state index in [0.717, 1.165) is 11.5 Å². The minimum absolute atomic E-state index is 0.506. The first-order valence-corrected chi connectivity index (χ1v) is 4.95. The summed E-state index contributed by atoms with van der Waals surface area (Å²) in [6, 6.07) is 7.10. The lowest BCUT2D eigenvalue weighted by molar-refractivity contribution is 0.955. The number of aromatic amines is 1. The van der Waals surface area contributed by atoms with Crippen molar-refractivity contribution in [2.75, 3.05) is 5.32 Å². The maximum atomic E-state index is 8.68. The molecule has 0 saturated carbocycles. The van der Waals surface area contributed by atoms with E-state index in [0.29, 0.717) is 17.1 Å². The number of hydrogen-bond acceptors (Lipinski definition) is 4. The Kier molecular flexibility index (Phi) is 3.03. The van der Waals surface area contributed by atoms with Gasteiger partial charge in [-0.15, -0.1) is 0 Å². The van der Waals surface area contributed by atoms with E-state index in [1.807, 2.05) is 6.07 Å². The van der Waals surface area contributed by atoms with Crippen molar-refractivity contribution in [1.82, 2.24) is 15.2 Å². The first kappa shape index (κ1) is 10.5. The Balaban J connectivity index is 2.08. The van der Waals surface area contributed by atoms with E-state index in [9.17, 15) is 0 Å². The monoisotopic (exact) mass is 233 g/mol. The molecule has 0 saturated heterocycles. The van der Waals surface area contributed by atoms with Crippen LogP contribution in [0.25, 0.3) is 0 Å². The van der Waals surface area contributed by atoms with Crippen LogP contribution in [-0.2, 0) is 6.54 Å². The number of aromatic nitrogens is 3. The molecule has 6 heteroatoms. The molecule has 0 aliphatic heterocycles. The quantitative estimate of drug-likeness (QED) is 0.849. The largest absolute Gasteiger partial charge is 0.377 e. The van der Waals surface area contributed by atoms with Crippen molar-refractivity contribution in [2.45, 2.75) is 6.54 Å². The highest BCUT2D eigenvalue weighted by Gasteiger charge is 2.02. The number of nitriles is 1. The molecule has 0 fully saturated rings. The van der Waals surface area contributed by atoms with E-state index in [1.165, 1.54) is 6.33 Å². The van der Waals surface area contributed by atoms with Gasteiger partial charge in [-0.2, -0.15) is 10.4 Å². The van der Waals surface area contributed by atoms with Crippen LogP contribution in [0.2, 0.25) is 5.02 Å². The summed E-state index contributed by atoms with van der Waals surface area (Å²) in [5.74, 6) is 0.723. The molecule has 0 unspecified atom stereocenters. The van der Waals surface area contributed by atoms with E-state index in [-0.39, 0.29) is 0 Å². The average molecular weight is 234 g/mol. The van der Waals surface area contributed by atoms with Crippen molar-refractivity contribution in [3.63, 3.8) is 0 Å². The Hall–Kier alpha value is -2.06. The van der Waals surface area contributed by atoms with Gasteiger partial charge in [0.25, 0.3) is 0 Å². The van der Waals surface area contributed by atoms with Crippen LogP contribution in [0.5, 0.6) is 0 Å². The smallest absolute Gasteiger partial charge is 0.143 e. The number of nitrogens with one attached hydrogen (secondary N) is 2. The molecule has 0 aliphatic carbocycles. The molecule has 1 aromatic heterocycles. The maximum absolute atomic E-state index is 8.68. The van der Waals surface area contributed by atoms with Crippen molar-refractivity contribution in [3.05, 3.63) is 40.9 Å². The van der Waals surface area contributed by atoms with Crippen LogP contribution in [0, 0.1) is 11.3 Å². The molecule has 2 aromatic rings. The Morgan fingerprint density at radius 3 is 3.00 bits per heavy atom. The first-order chi connectivity index (χ1) is 7.79. The summed E-state index contributed by atoms with van der Waals surface area (Å²) in [6.07, 6.45) is 1.44. The molecular formula is C10H8ClN5. The topological polar surface area (TPSA) is 77.4 Å². The van der Waals surface area contributed by atoms with Gasteiger partial charge in [0.05, 0.1) is 28.9 Å². The fraction of sp³-hybridized carbons (Fsp3) is 0.100. The summed E-state index contributed by atoms with van der Waals surface area (Å²) in [6.45, 7) is 0.506. The third-order valence-electron chi connectivity index (χ3n) is 2.01. The minimum atomic E-state index is 0.506. The number of hydrogen-bond donors (Lipinski definition) is 2. The highest BCUT2D eigenvalue weighted by molar-refractivity contribution is 6.33. The zero-order chi connectivity index (χ0) is 11.4. The Bertz CT molecular complexity index is 515. The molecule has 1 heterocycles. The second-order valence-corrected chi connectivity index (χ2v) is 3.50. The summed E-state index contributed by atoms with van der Waals surface area (Å²) in [5, 5.41) is 18.7. The average Bonchev–Trinajstić information content (AvgIpc) is 2.80. The van der Waals surface area contributed by atoms with E-state index in [4.69, 9.17) is 16.9 Å². The van der Waals surface area contributed by atoms with Gasteiger partial charge in [0.1, 0.15) is 12.2 Å². The van der Waals surface area contributed by atoms with Crippen molar-refractivity contribution < 1.29 is 0 Å². The van der Waals surface area contributed by atoms with E-state index in [1.54, 1.807) is 18.2 Å². The van der Waals surface area contributed by atoms with Crippen molar-refractivity contribution in [2.24, 2.45) is 0 Å². The molecule has 1 aromatic carbocycles. The molecule has 0 bridgehead atoms. The number of halogens is 1. The van der Waals surface area contributed by atoms with E-state index >= 15 is 0 Å². The molecule has 5 nitrogen and oxygen atoms in total. The fourth-order valence-electron chi connectivity index (χ4n) is 1.22. The molecule has 2 rings (SSSR count).